The predicted molar refractivity (Wildman–Crippen MR) is 233 cm³/mol. The standard InChI is InChI=1S/C49H84O6/c1-4-7-10-13-16-19-21-23-25-27-30-33-36-39-42-48(51)54-45-46(44-53-47(50)41-38-35-32-29-18-15-12-9-6-3)55-49(52)43-40-37-34-31-28-26-24-22-20-17-14-11-8-5-2/h7,9-10,12,16,18-19,26,28-29,46H,4-6,8,11,13-15,17,20-25,27,30-45H2,1-3H3/b10-7-,12-9-,19-16-,28-26-,29-18-. The van der Waals surface area contributed by atoms with Gasteiger partial charge < -0.3 is 14.2 Å². The van der Waals surface area contributed by atoms with Gasteiger partial charge in [0.25, 0.3) is 0 Å². The third kappa shape index (κ3) is 42.1. The predicted octanol–water partition coefficient (Wildman–Crippen LogP) is 14.5. The van der Waals surface area contributed by atoms with E-state index in [2.05, 4.69) is 81.5 Å². The van der Waals surface area contributed by atoms with E-state index in [9.17, 15) is 14.4 Å². The molecule has 6 nitrogen and oxygen atoms in total. The second kappa shape index (κ2) is 43.8. The Bertz CT molecular complexity index is 1020. The van der Waals surface area contributed by atoms with E-state index in [1.165, 1.54) is 70.6 Å². The van der Waals surface area contributed by atoms with Gasteiger partial charge in [-0.3, -0.25) is 14.4 Å². The van der Waals surface area contributed by atoms with Crippen LogP contribution in [0.1, 0.15) is 213 Å². The molecule has 0 spiro atoms. The zero-order valence-corrected chi connectivity index (χ0v) is 35.9. The molecule has 0 heterocycles. The number of ether oxygens (including phenoxy) is 3. The largest absolute Gasteiger partial charge is 0.462 e. The smallest absolute Gasteiger partial charge is 0.306 e. The monoisotopic (exact) mass is 769 g/mol. The summed E-state index contributed by atoms with van der Waals surface area (Å²) in [6.45, 7) is 6.34. The van der Waals surface area contributed by atoms with Crippen LogP contribution in [0, 0.1) is 0 Å². The SMILES string of the molecule is CC/C=C\C/C=C\CCCCCCCCCC(=O)OCC(COC(=O)CCCC/C=C\C/C=C\CC)OC(=O)CCCCC/C=C\CCCCCCCCC. The number of carbonyl (C=O) groups excluding carboxylic acids is 3. The average Bonchev–Trinajstić information content (AvgIpc) is 3.18. The highest BCUT2D eigenvalue weighted by Gasteiger charge is 2.19. The lowest BCUT2D eigenvalue weighted by atomic mass is 10.1. The van der Waals surface area contributed by atoms with Crippen molar-refractivity contribution >= 4 is 17.9 Å². The zero-order valence-electron chi connectivity index (χ0n) is 35.9. The minimum absolute atomic E-state index is 0.0952. The highest BCUT2D eigenvalue weighted by atomic mass is 16.6. The molecule has 0 aliphatic carbocycles. The lowest BCUT2D eigenvalue weighted by Gasteiger charge is -2.18. The highest BCUT2D eigenvalue weighted by Crippen LogP contribution is 2.13. The van der Waals surface area contributed by atoms with E-state index in [4.69, 9.17) is 14.2 Å². The molecule has 0 fully saturated rings. The Kier molecular flexibility index (Phi) is 41.5. The number of rotatable bonds is 40. The van der Waals surface area contributed by atoms with Crippen LogP contribution in [0.4, 0.5) is 0 Å². The normalized spacial score (nSPS) is 12.6. The molecular formula is C49H84O6. The minimum atomic E-state index is -0.795. The first-order valence-corrected chi connectivity index (χ1v) is 22.8. The van der Waals surface area contributed by atoms with Gasteiger partial charge in [0.05, 0.1) is 0 Å². The molecule has 6 heteroatoms. The quantitative estimate of drug-likeness (QED) is 0.0267. The maximum atomic E-state index is 12.7. The number of hydrogen-bond donors (Lipinski definition) is 0. The molecule has 0 aromatic rings. The van der Waals surface area contributed by atoms with Gasteiger partial charge in [0, 0.05) is 19.3 Å². The van der Waals surface area contributed by atoms with E-state index < -0.39 is 6.10 Å². The van der Waals surface area contributed by atoms with Crippen LogP contribution in [0.15, 0.2) is 60.8 Å². The minimum Gasteiger partial charge on any atom is -0.462 e. The van der Waals surface area contributed by atoms with Gasteiger partial charge in [-0.1, -0.05) is 159 Å². The molecule has 0 saturated heterocycles. The van der Waals surface area contributed by atoms with Crippen LogP contribution in [0.3, 0.4) is 0 Å². The number of hydrogen-bond acceptors (Lipinski definition) is 6. The Balaban J connectivity index is 4.41. The van der Waals surface area contributed by atoms with Crippen molar-refractivity contribution in [3.63, 3.8) is 0 Å². The maximum absolute atomic E-state index is 12.7. The van der Waals surface area contributed by atoms with Crippen LogP contribution < -0.4 is 0 Å². The number of carbonyl (C=O) groups is 3. The molecule has 0 amide bonds. The molecule has 316 valence electrons. The van der Waals surface area contributed by atoms with Gasteiger partial charge in [0.2, 0.25) is 0 Å². The third-order valence-corrected chi connectivity index (χ3v) is 9.49. The van der Waals surface area contributed by atoms with Crippen molar-refractivity contribution in [3.05, 3.63) is 60.8 Å². The summed E-state index contributed by atoms with van der Waals surface area (Å²) >= 11 is 0. The van der Waals surface area contributed by atoms with Crippen molar-refractivity contribution in [3.8, 4) is 0 Å². The first-order valence-electron chi connectivity index (χ1n) is 22.8. The summed E-state index contributed by atoms with van der Waals surface area (Å²) in [7, 11) is 0. The molecule has 0 radical (unpaired) electrons. The maximum Gasteiger partial charge on any atom is 0.306 e. The number of unbranched alkanes of at least 4 members (excludes halogenated alkanes) is 19. The second-order valence-corrected chi connectivity index (χ2v) is 14.9. The molecule has 0 aliphatic rings. The third-order valence-electron chi connectivity index (χ3n) is 9.49. The van der Waals surface area contributed by atoms with Gasteiger partial charge >= 0.3 is 17.9 Å². The number of esters is 3. The highest BCUT2D eigenvalue weighted by molar-refractivity contribution is 5.71. The van der Waals surface area contributed by atoms with Crippen molar-refractivity contribution in [2.45, 2.75) is 219 Å². The Labute approximate surface area is 339 Å². The molecule has 0 N–H and O–H groups in total. The van der Waals surface area contributed by atoms with Crippen molar-refractivity contribution < 1.29 is 28.6 Å². The molecule has 0 bridgehead atoms. The average molecular weight is 769 g/mol. The first-order chi connectivity index (χ1) is 27.0. The lowest BCUT2D eigenvalue weighted by molar-refractivity contribution is -0.167. The molecule has 55 heavy (non-hydrogen) atoms. The fourth-order valence-corrected chi connectivity index (χ4v) is 6.10. The Morgan fingerprint density at radius 3 is 1.16 bits per heavy atom. The van der Waals surface area contributed by atoms with Crippen molar-refractivity contribution in [2.75, 3.05) is 13.2 Å². The lowest BCUT2D eigenvalue weighted by Crippen LogP contribution is -2.30. The van der Waals surface area contributed by atoms with E-state index >= 15 is 0 Å². The van der Waals surface area contributed by atoms with E-state index in [0.29, 0.717) is 19.3 Å². The summed E-state index contributed by atoms with van der Waals surface area (Å²) in [6, 6.07) is 0. The number of allylic oxidation sites excluding steroid dienone is 10. The summed E-state index contributed by atoms with van der Waals surface area (Å²) in [5.41, 5.74) is 0. The fraction of sp³-hybridized carbons (Fsp3) is 0.735. The van der Waals surface area contributed by atoms with Gasteiger partial charge in [0.15, 0.2) is 6.10 Å². The molecule has 0 aromatic heterocycles. The van der Waals surface area contributed by atoms with Crippen LogP contribution >= 0.6 is 0 Å². The van der Waals surface area contributed by atoms with Gasteiger partial charge in [0.1, 0.15) is 13.2 Å². The molecule has 0 aliphatic heterocycles. The molecule has 0 saturated carbocycles. The Hall–Kier alpha value is -2.89. The second-order valence-electron chi connectivity index (χ2n) is 14.9. The molecule has 0 aromatic carbocycles. The van der Waals surface area contributed by atoms with Crippen LogP contribution in [-0.4, -0.2) is 37.2 Å². The van der Waals surface area contributed by atoms with Gasteiger partial charge in [-0.05, 0) is 96.3 Å². The molecule has 1 unspecified atom stereocenters. The van der Waals surface area contributed by atoms with Gasteiger partial charge in [-0.2, -0.15) is 0 Å². The van der Waals surface area contributed by atoms with Crippen LogP contribution in [-0.2, 0) is 28.6 Å². The first kappa shape index (κ1) is 52.1. The van der Waals surface area contributed by atoms with Crippen LogP contribution in [0.2, 0.25) is 0 Å². The van der Waals surface area contributed by atoms with Gasteiger partial charge in [-0.15, -0.1) is 0 Å². The fourth-order valence-electron chi connectivity index (χ4n) is 6.10. The van der Waals surface area contributed by atoms with Gasteiger partial charge in [-0.25, -0.2) is 0 Å². The summed E-state index contributed by atoms with van der Waals surface area (Å²) in [5.74, 6) is -0.961. The zero-order chi connectivity index (χ0) is 40.1. The summed E-state index contributed by atoms with van der Waals surface area (Å²) < 4.78 is 16.6. The van der Waals surface area contributed by atoms with Crippen molar-refractivity contribution in [1.29, 1.82) is 0 Å². The Morgan fingerprint density at radius 1 is 0.382 bits per heavy atom. The molecule has 0 rings (SSSR count). The molecular weight excluding hydrogens is 685 g/mol. The van der Waals surface area contributed by atoms with E-state index in [0.717, 1.165) is 103 Å². The topological polar surface area (TPSA) is 78.9 Å². The van der Waals surface area contributed by atoms with E-state index in [-0.39, 0.29) is 31.1 Å². The van der Waals surface area contributed by atoms with Crippen LogP contribution in [0.5, 0.6) is 0 Å². The summed E-state index contributed by atoms with van der Waals surface area (Å²) in [4.78, 5) is 37.7. The van der Waals surface area contributed by atoms with Crippen molar-refractivity contribution in [2.24, 2.45) is 0 Å². The summed E-state index contributed by atoms with van der Waals surface area (Å²) in [5, 5.41) is 0. The van der Waals surface area contributed by atoms with E-state index in [1.807, 2.05) is 0 Å². The Morgan fingerprint density at radius 2 is 0.709 bits per heavy atom. The summed E-state index contributed by atoms with van der Waals surface area (Å²) in [6.07, 6.45) is 52.2. The van der Waals surface area contributed by atoms with E-state index in [1.54, 1.807) is 0 Å². The molecule has 1 atom stereocenters. The van der Waals surface area contributed by atoms with Crippen LogP contribution in [0.25, 0.3) is 0 Å². The van der Waals surface area contributed by atoms with Crippen molar-refractivity contribution in [1.82, 2.24) is 0 Å².